The number of carbonyl (C=O) groups is 1. The molecule has 0 aliphatic heterocycles. The van der Waals surface area contributed by atoms with Gasteiger partial charge in [0.05, 0.1) is 16.8 Å². The molecule has 1 N–H and O–H groups in total. The largest absolute Gasteiger partial charge is 0.325 e. The Balaban J connectivity index is 1.52. The highest BCUT2D eigenvalue weighted by atomic mass is 32.2. The number of rotatable bonds is 5. The Bertz CT molecular complexity index is 1360. The maximum Gasteiger partial charge on any atom is 0.267 e. The van der Waals surface area contributed by atoms with Gasteiger partial charge in [-0.25, -0.2) is 4.98 Å². The van der Waals surface area contributed by atoms with Crippen molar-refractivity contribution in [3.8, 4) is 5.69 Å². The summed E-state index contributed by atoms with van der Waals surface area (Å²) in [5.41, 5.74) is 3.71. The topological polar surface area (TPSA) is 64.0 Å². The third-order valence-corrected chi connectivity index (χ3v) is 7.85. The fourth-order valence-corrected chi connectivity index (χ4v) is 6.23. The van der Waals surface area contributed by atoms with Gasteiger partial charge in [-0.2, -0.15) is 0 Å². The third kappa shape index (κ3) is 3.98. The zero-order valence-corrected chi connectivity index (χ0v) is 19.4. The van der Waals surface area contributed by atoms with Crippen LogP contribution in [-0.4, -0.2) is 21.2 Å². The molecular formula is C25H23N3O2S2. The van der Waals surface area contributed by atoms with Gasteiger partial charge in [-0.15, -0.1) is 11.3 Å². The molecule has 32 heavy (non-hydrogen) atoms. The standard InChI is InChI=1S/C25H23N3O2S2/c1-16-9-5-7-13-19(16)26-21(29)15-31-25-27-23-22(18-12-6-8-14-20(18)32-23)24(30)28(25)17-10-3-2-4-11-17/h2-5,7,9-11,13H,6,8,12,14-15H2,1H3,(H,26,29). The number of aromatic nitrogens is 2. The van der Waals surface area contributed by atoms with Gasteiger partial charge in [-0.05, 0) is 61.9 Å². The predicted molar refractivity (Wildman–Crippen MR) is 132 cm³/mol. The fraction of sp³-hybridized carbons (Fsp3) is 0.240. The van der Waals surface area contributed by atoms with Gasteiger partial charge in [0.1, 0.15) is 4.83 Å². The number of hydrogen-bond donors (Lipinski definition) is 1. The van der Waals surface area contributed by atoms with E-state index in [0.29, 0.717) is 5.16 Å². The summed E-state index contributed by atoms with van der Waals surface area (Å²) in [5, 5.41) is 4.26. The highest BCUT2D eigenvalue weighted by Crippen LogP contribution is 2.35. The monoisotopic (exact) mass is 461 g/mol. The third-order valence-electron chi connectivity index (χ3n) is 5.72. The van der Waals surface area contributed by atoms with Crippen molar-refractivity contribution in [3.63, 3.8) is 0 Å². The number of benzene rings is 2. The predicted octanol–water partition coefficient (Wildman–Crippen LogP) is 5.37. The highest BCUT2D eigenvalue weighted by molar-refractivity contribution is 7.99. The zero-order chi connectivity index (χ0) is 22.1. The van der Waals surface area contributed by atoms with E-state index in [9.17, 15) is 9.59 Å². The van der Waals surface area contributed by atoms with Crippen molar-refractivity contribution in [3.05, 3.63) is 81.0 Å². The second-order valence-electron chi connectivity index (χ2n) is 7.91. The summed E-state index contributed by atoms with van der Waals surface area (Å²) in [6, 6.07) is 17.3. The maximum atomic E-state index is 13.7. The van der Waals surface area contributed by atoms with Crippen molar-refractivity contribution in [1.82, 2.24) is 9.55 Å². The van der Waals surface area contributed by atoms with Crippen LogP contribution in [0.1, 0.15) is 28.8 Å². The van der Waals surface area contributed by atoms with Crippen molar-refractivity contribution < 1.29 is 4.79 Å². The Kier molecular flexibility index (Phi) is 5.85. The molecule has 0 unspecified atom stereocenters. The van der Waals surface area contributed by atoms with Gasteiger partial charge in [-0.3, -0.25) is 14.2 Å². The van der Waals surface area contributed by atoms with Gasteiger partial charge < -0.3 is 5.32 Å². The number of anilines is 1. The first kappa shape index (κ1) is 21.0. The highest BCUT2D eigenvalue weighted by Gasteiger charge is 2.23. The van der Waals surface area contributed by atoms with Gasteiger partial charge in [0.2, 0.25) is 5.91 Å². The van der Waals surface area contributed by atoms with E-state index < -0.39 is 0 Å². The number of para-hydroxylation sites is 2. The molecule has 5 nitrogen and oxygen atoms in total. The Hall–Kier alpha value is -2.90. The Morgan fingerprint density at radius 1 is 1.09 bits per heavy atom. The first-order chi connectivity index (χ1) is 15.6. The number of carbonyl (C=O) groups excluding carboxylic acids is 1. The quantitative estimate of drug-likeness (QED) is 0.321. The molecule has 2 aromatic heterocycles. The molecular weight excluding hydrogens is 438 g/mol. The van der Waals surface area contributed by atoms with Crippen molar-refractivity contribution in [2.24, 2.45) is 0 Å². The molecule has 0 fully saturated rings. The average molecular weight is 462 g/mol. The number of nitrogens with one attached hydrogen (secondary N) is 1. The van der Waals surface area contributed by atoms with Gasteiger partial charge in [0.15, 0.2) is 5.16 Å². The number of fused-ring (bicyclic) bond motifs is 3. The van der Waals surface area contributed by atoms with Crippen LogP contribution in [0.3, 0.4) is 0 Å². The smallest absolute Gasteiger partial charge is 0.267 e. The lowest BCUT2D eigenvalue weighted by molar-refractivity contribution is -0.113. The number of thioether (sulfide) groups is 1. The van der Waals surface area contributed by atoms with Crippen LogP contribution in [-0.2, 0) is 17.6 Å². The number of amides is 1. The minimum Gasteiger partial charge on any atom is -0.325 e. The summed E-state index contributed by atoms with van der Waals surface area (Å²) >= 11 is 2.93. The molecule has 0 atom stereocenters. The maximum absolute atomic E-state index is 13.7. The Morgan fingerprint density at radius 2 is 1.84 bits per heavy atom. The van der Waals surface area contributed by atoms with E-state index in [0.717, 1.165) is 52.8 Å². The molecule has 0 saturated carbocycles. The molecule has 0 radical (unpaired) electrons. The first-order valence-corrected chi connectivity index (χ1v) is 12.5. The lowest BCUT2D eigenvalue weighted by Gasteiger charge is -2.14. The molecule has 1 aliphatic carbocycles. The van der Waals surface area contributed by atoms with Crippen molar-refractivity contribution >= 4 is 44.9 Å². The molecule has 7 heteroatoms. The lowest BCUT2D eigenvalue weighted by Crippen LogP contribution is -2.23. The van der Waals surface area contributed by atoms with Crippen LogP contribution < -0.4 is 10.9 Å². The molecule has 1 amide bonds. The van der Waals surface area contributed by atoms with Crippen molar-refractivity contribution in [1.29, 1.82) is 0 Å². The molecule has 0 bridgehead atoms. The number of aryl methyl sites for hydroxylation is 3. The Labute approximate surface area is 194 Å². The molecule has 4 aromatic rings. The second-order valence-corrected chi connectivity index (χ2v) is 9.94. The fourth-order valence-electron chi connectivity index (χ4n) is 4.12. The van der Waals surface area contributed by atoms with Gasteiger partial charge in [-0.1, -0.05) is 48.2 Å². The van der Waals surface area contributed by atoms with Crippen LogP contribution >= 0.6 is 23.1 Å². The number of thiophene rings is 1. The van der Waals surface area contributed by atoms with Crippen molar-refractivity contribution in [2.75, 3.05) is 11.1 Å². The first-order valence-electron chi connectivity index (χ1n) is 10.7. The van der Waals surface area contributed by atoms with Crippen LogP contribution in [0.4, 0.5) is 5.69 Å². The summed E-state index contributed by atoms with van der Waals surface area (Å²) < 4.78 is 1.66. The number of hydrogen-bond acceptors (Lipinski definition) is 5. The van der Waals surface area contributed by atoms with Crippen molar-refractivity contribution in [2.45, 2.75) is 37.8 Å². The summed E-state index contributed by atoms with van der Waals surface area (Å²) in [6.45, 7) is 1.96. The SMILES string of the molecule is Cc1ccccc1NC(=O)CSc1nc2sc3c(c2c(=O)n1-c1ccccc1)CCCC3. The Morgan fingerprint density at radius 3 is 2.66 bits per heavy atom. The summed E-state index contributed by atoms with van der Waals surface area (Å²) in [5.74, 6) is 0.0493. The molecule has 2 heterocycles. The molecule has 0 spiro atoms. The van der Waals surface area contributed by atoms with E-state index in [1.807, 2.05) is 61.5 Å². The van der Waals surface area contributed by atoms with Gasteiger partial charge in [0, 0.05) is 10.6 Å². The van der Waals surface area contributed by atoms with Gasteiger partial charge >= 0.3 is 0 Å². The van der Waals surface area contributed by atoms with Crippen LogP contribution in [0.25, 0.3) is 15.9 Å². The molecule has 5 rings (SSSR count). The van der Waals surface area contributed by atoms with E-state index in [-0.39, 0.29) is 17.2 Å². The van der Waals surface area contributed by atoms with Crippen LogP contribution in [0.2, 0.25) is 0 Å². The summed E-state index contributed by atoms with van der Waals surface area (Å²) in [4.78, 5) is 33.3. The van der Waals surface area contributed by atoms with Crippen LogP contribution in [0.15, 0.2) is 64.5 Å². The van der Waals surface area contributed by atoms with Crippen LogP contribution in [0, 0.1) is 6.92 Å². The average Bonchev–Trinajstić information content (AvgIpc) is 3.18. The van der Waals surface area contributed by atoms with E-state index in [1.54, 1.807) is 15.9 Å². The van der Waals surface area contributed by atoms with Gasteiger partial charge in [0.25, 0.3) is 5.56 Å². The summed E-state index contributed by atoms with van der Waals surface area (Å²) in [6.07, 6.45) is 4.22. The molecule has 1 aliphatic rings. The summed E-state index contributed by atoms with van der Waals surface area (Å²) in [7, 11) is 0. The minimum absolute atomic E-state index is 0.0394. The molecule has 2 aromatic carbocycles. The van der Waals surface area contributed by atoms with E-state index in [2.05, 4.69) is 5.32 Å². The van der Waals surface area contributed by atoms with E-state index in [1.165, 1.54) is 22.2 Å². The van der Waals surface area contributed by atoms with Crippen LogP contribution in [0.5, 0.6) is 0 Å². The second kappa shape index (κ2) is 8.92. The minimum atomic E-state index is -0.122. The molecule has 0 saturated heterocycles. The zero-order valence-electron chi connectivity index (χ0n) is 17.8. The number of nitrogens with zero attached hydrogens (tertiary/aromatic N) is 2. The van der Waals surface area contributed by atoms with E-state index in [4.69, 9.17) is 4.98 Å². The lowest BCUT2D eigenvalue weighted by atomic mass is 9.97. The molecule has 162 valence electrons. The van der Waals surface area contributed by atoms with E-state index >= 15 is 0 Å². The normalized spacial score (nSPS) is 13.2.